The van der Waals surface area contributed by atoms with E-state index in [-0.39, 0.29) is 0 Å². The molecule has 4 bridgehead atoms. The number of pyridine rings is 1. The summed E-state index contributed by atoms with van der Waals surface area (Å²) in [6.07, 6.45) is 12.1. The highest BCUT2D eigenvalue weighted by Crippen LogP contribution is 2.66. The molecule has 20 heavy (non-hydrogen) atoms. The molecule has 5 rings (SSSR count). The van der Waals surface area contributed by atoms with Crippen LogP contribution in [-0.4, -0.2) is 10.5 Å². The molecule has 2 unspecified atom stereocenters. The fourth-order valence-electron chi connectivity index (χ4n) is 6.35. The number of halogens is 1. The summed E-state index contributed by atoms with van der Waals surface area (Å²) in [5.41, 5.74) is 2.64. The van der Waals surface area contributed by atoms with Crippen molar-refractivity contribution in [3.05, 3.63) is 22.9 Å². The van der Waals surface area contributed by atoms with Crippen molar-refractivity contribution in [3.63, 3.8) is 0 Å². The summed E-state index contributed by atoms with van der Waals surface area (Å²) >= 11 is 3.64. The van der Waals surface area contributed by atoms with Gasteiger partial charge < -0.3 is 5.32 Å². The monoisotopic (exact) mass is 334 g/mol. The zero-order chi connectivity index (χ0) is 14.0. The van der Waals surface area contributed by atoms with Crippen LogP contribution in [0.5, 0.6) is 0 Å². The molecule has 4 aliphatic carbocycles. The molecule has 108 valence electrons. The summed E-state index contributed by atoms with van der Waals surface area (Å²) in [6.45, 7) is 5.04. The van der Waals surface area contributed by atoms with Gasteiger partial charge in [-0.2, -0.15) is 0 Å². The molecule has 0 radical (unpaired) electrons. The highest BCUT2D eigenvalue weighted by atomic mass is 79.9. The van der Waals surface area contributed by atoms with Gasteiger partial charge in [-0.05, 0) is 77.3 Å². The van der Waals surface area contributed by atoms with Crippen LogP contribution in [0.25, 0.3) is 0 Å². The minimum atomic E-state index is 0.312. The Morgan fingerprint density at radius 3 is 2.45 bits per heavy atom. The Bertz CT molecular complexity index is 538. The van der Waals surface area contributed by atoms with Crippen molar-refractivity contribution in [2.24, 2.45) is 16.7 Å². The van der Waals surface area contributed by atoms with Crippen LogP contribution < -0.4 is 5.32 Å². The summed E-state index contributed by atoms with van der Waals surface area (Å²) in [7, 11) is 0. The Labute approximate surface area is 129 Å². The predicted molar refractivity (Wildman–Crippen MR) is 85.7 cm³/mol. The first-order valence-corrected chi connectivity index (χ1v) is 8.57. The van der Waals surface area contributed by atoms with Gasteiger partial charge in [-0.15, -0.1) is 0 Å². The molecule has 4 saturated carbocycles. The standard InChI is InChI=1S/C17H23BrN2/c1-15-5-12-6-16(2,9-15)11-17(7-12,10-15)20-14-3-4-19-8-13(14)18/h3-4,8,12H,5-7,9-11H2,1-2H3,(H,19,20). The SMILES string of the molecule is CC12CC3CC(C)(C1)CC(Nc1ccncc1Br)(C3)C2. The van der Waals surface area contributed by atoms with Gasteiger partial charge in [-0.3, -0.25) is 4.98 Å². The number of hydrogen-bond acceptors (Lipinski definition) is 2. The quantitative estimate of drug-likeness (QED) is 0.822. The average molecular weight is 335 g/mol. The fraction of sp³-hybridized carbons (Fsp3) is 0.706. The first-order chi connectivity index (χ1) is 9.40. The van der Waals surface area contributed by atoms with E-state index in [1.54, 1.807) is 0 Å². The van der Waals surface area contributed by atoms with Crippen LogP contribution in [0, 0.1) is 16.7 Å². The number of anilines is 1. The summed E-state index contributed by atoms with van der Waals surface area (Å²) < 4.78 is 1.09. The van der Waals surface area contributed by atoms with Crippen molar-refractivity contribution in [3.8, 4) is 0 Å². The Morgan fingerprint density at radius 2 is 1.85 bits per heavy atom. The second kappa shape index (κ2) is 4.00. The molecule has 0 saturated heterocycles. The van der Waals surface area contributed by atoms with Gasteiger partial charge in [0, 0.05) is 17.9 Å². The topological polar surface area (TPSA) is 24.9 Å². The van der Waals surface area contributed by atoms with Crippen LogP contribution in [0.4, 0.5) is 5.69 Å². The molecule has 0 spiro atoms. The van der Waals surface area contributed by atoms with Crippen LogP contribution in [0.1, 0.15) is 52.4 Å². The van der Waals surface area contributed by atoms with Gasteiger partial charge in [0.25, 0.3) is 0 Å². The van der Waals surface area contributed by atoms with E-state index in [0.717, 1.165) is 10.4 Å². The lowest BCUT2D eigenvalue weighted by Gasteiger charge is -2.65. The number of nitrogens with zero attached hydrogens (tertiary/aromatic N) is 1. The molecule has 4 fully saturated rings. The summed E-state index contributed by atoms with van der Waals surface area (Å²) in [6, 6.07) is 2.10. The lowest BCUT2D eigenvalue weighted by atomic mass is 9.43. The molecule has 1 heterocycles. The normalized spacial score (nSPS) is 45.6. The molecule has 2 atom stereocenters. The van der Waals surface area contributed by atoms with E-state index in [4.69, 9.17) is 0 Å². The molecule has 2 nitrogen and oxygen atoms in total. The molecule has 0 aliphatic heterocycles. The Hall–Kier alpha value is -0.570. The zero-order valence-electron chi connectivity index (χ0n) is 12.4. The zero-order valence-corrected chi connectivity index (χ0v) is 14.0. The Morgan fingerprint density at radius 1 is 1.15 bits per heavy atom. The van der Waals surface area contributed by atoms with E-state index < -0.39 is 0 Å². The van der Waals surface area contributed by atoms with Gasteiger partial charge in [0.1, 0.15) is 0 Å². The van der Waals surface area contributed by atoms with Gasteiger partial charge in [0.2, 0.25) is 0 Å². The van der Waals surface area contributed by atoms with Crippen molar-refractivity contribution in [1.82, 2.24) is 4.98 Å². The van der Waals surface area contributed by atoms with Crippen LogP contribution >= 0.6 is 15.9 Å². The number of nitrogens with one attached hydrogen (secondary N) is 1. The summed E-state index contributed by atoms with van der Waals surface area (Å²) in [4.78, 5) is 4.18. The Kier molecular flexibility index (Phi) is 2.62. The maximum absolute atomic E-state index is 4.18. The third-order valence-electron chi connectivity index (χ3n) is 5.80. The van der Waals surface area contributed by atoms with Gasteiger partial charge in [0.05, 0.1) is 10.2 Å². The van der Waals surface area contributed by atoms with E-state index >= 15 is 0 Å². The van der Waals surface area contributed by atoms with Crippen molar-refractivity contribution >= 4 is 21.6 Å². The van der Waals surface area contributed by atoms with E-state index in [2.05, 4.69) is 46.1 Å². The smallest absolute Gasteiger partial charge is 0.0590 e. The van der Waals surface area contributed by atoms with Crippen LogP contribution in [-0.2, 0) is 0 Å². The van der Waals surface area contributed by atoms with Crippen molar-refractivity contribution in [2.75, 3.05) is 5.32 Å². The van der Waals surface area contributed by atoms with Crippen molar-refractivity contribution < 1.29 is 0 Å². The highest BCUT2D eigenvalue weighted by Gasteiger charge is 2.60. The second-order valence-corrected chi connectivity index (χ2v) is 9.25. The molecular weight excluding hydrogens is 312 g/mol. The summed E-state index contributed by atoms with van der Waals surface area (Å²) in [5, 5.41) is 3.92. The number of hydrogen-bond donors (Lipinski definition) is 1. The second-order valence-electron chi connectivity index (χ2n) is 8.39. The van der Waals surface area contributed by atoms with Gasteiger partial charge in [-0.25, -0.2) is 0 Å². The highest BCUT2D eigenvalue weighted by molar-refractivity contribution is 9.10. The van der Waals surface area contributed by atoms with Crippen LogP contribution in [0.2, 0.25) is 0 Å². The van der Waals surface area contributed by atoms with Gasteiger partial charge in [0.15, 0.2) is 0 Å². The maximum atomic E-state index is 4.18. The minimum absolute atomic E-state index is 0.312. The molecular formula is C17H23BrN2. The third kappa shape index (κ3) is 2.01. The van der Waals surface area contributed by atoms with Crippen LogP contribution in [0.3, 0.4) is 0 Å². The average Bonchev–Trinajstić information content (AvgIpc) is 2.27. The molecule has 0 aromatic carbocycles. The molecule has 1 aromatic rings. The van der Waals surface area contributed by atoms with E-state index in [1.807, 2.05) is 12.4 Å². The molecule has 0 amide bonds. The first kappa shape index (κ1) is 13.1. The van der Waals surface area contributed by atoms with E-state index in [1.165, 1.54) is 44.2 Å². The fourth-order valence-corrected chi connectivity index (χ4v) is 6.70. The van der Waals surface area contributed by atoms with E-state index in [9.17, 15) is 0 Å². The number of rotatable bonds is 2. The molecule has 1 N–H and O–H groups in total. The summed E-state index contributed by atoms with van der Waals surface area (Å²) in [5.74, 6) is 0.925. The largest absolute Gasteiger partial charge is 0.379 e. The molecule has 1 aromatic heterocycles. The predicted octanol–water partition coefficient (Wildman–Crippen LogP) is 5.01. The molecule has 3 heteroatoms. The van der Waals surface area contributed by atoms with E-state index in [0.29, 0.717) is 16.4 Å². The third-order valence-corrected chi connectivity index (χ3v) is 6.43. The Balaban J connectivity index is 1.69. The minimum Gasteiger partial charge on any atom is -0.379 e. The van der Waals surface area contributed by atoms with Gasteiger partial charge >= 0.3 is 0 Å². The molecule has 4 aliphatic rings. The van der Waals surface area contributed by atoms with Crippen molar-refractivity contribution in [2.45, 2.75) is 57.9 Å². The lowest BCUT2D eigenvalue weighted by molar-refractivity contribution is -0.0973. The first-order valence-electron chi connectivity index (χ1n) is 7.77. The van der Waals surface area contributed by atoms with Crippen molar-refractivity contribution in [1.29, 1.82) is 0 Å². The lowest BCUT2D eigenvalue weighted by Crippen LogP contribution is -2.61. The van der Waals surface area contributed by atoms with Crippen LogP contribution in [0.15, 0.2) is 22.9 Å². The number of aromatic nitrogens is 1. The maximum Gasteiger partial charge on any atom is 0.0590 e. The van der Waals surface area contributed by atoms with Gasteiger partial charge in [-0.1, -0.05) is 13.8 Å².